The number of aliphatic carboxylic acids is 1. The van der Waals surface area contributed by atoms with Gasteiger partial charge in [-0.2, -0.15) is 0 Å². The Morgan fingerprint density at radius 2 is 1.90 bits per heavy atom. The van der Waals surface area contributed by atoms with Crippen LogP contribution in [0.15, 0.2) is 42.5 Å². The molecule has 0 unspecified atom stereocenters. The number of halogens is 1. The van der Waals surface area contributed by atoms with Crippen molar-refractivity contribution in [1.82, 2.24) is 4.57 Å². The molecule has 1 atom stereocenters. The van der Waals surface area contributed by atoms with E-state index < -0.39 is 11.4 Å². The van der Waals surface area contributed by atoms with Crippen LogP contribution >= 0.6 is 11.6 Å². The van der Waals surface area contributed by atoms with Gasteiger partial charge < -0.3 is 10.2 Å². The molecule has 1 fully saturated rings. The van der Waals surface area contributed by atoms with Gasteiger partial charge in [0.05, 0.1) is 10.9 Å². The van der Waals surface area contributed by atoms with Crippen molar-refractivity contribution in [2.24, 2.45) is 5.92 Å². The van der Waals surface area contributed by atoms with Crippen molar-refractivity contribution in [3.63, 3.8) is 0 Å². The molecule has 3 aromatic rings. The van der Waals surface area contributed by atoms with Crippen molar-refractivity contribution in [2.45, 2.75) is 38.5 Å². The van der Waals surface area contributed by atoms with E-state index in [-0.39, 0.29) is 17.6 Å². The van der Waals surface area contributed by atoms with E-state index in [1.165, 1.54) is 10.6 Å². The van der Waals surface area contributed by atoms with E-state index >= 15 is 0 Å². The van der Waals surface area contributed by atoms with Gasteiger partial charge in [-0.05, 0) is 74.6 Å². The van der Waals surface area contributed by atoms with Crippen molar-refractivity contribution in [3.05, 3.63) is 64.3 Å². The van der Waals surface area contributed by atoms with Crippen LogP contribution in [-0.2, 0) is 10.2 Å². The zero-order chi connectivity index (χ0) is 20.9. The largest absolute Gasteiger partial charge is 0.508 e. The van der Waals surface area contributed by atoms with E-state index in [0.717, 1.165) is 19.3 Å². The molecule has 0 aliphatic heterocycles. The lowest BCUT2D eigenvalue weighted by molar-refractivity contribution is -0.146. The van der Waals surface area contributed by atoms with E-state index in [0.29, 0.717) is 32.7 Å². The number of aromatic nitrogens is 1. The monoisotopic (exact) mass is 411 g/mol. The fourth-order valence-electron chi connectivity index (χ4n) is 4.55. The summed E-state index contributed by atoms with van der Waals surface area (Å²) >= 11 is 6.07. The number of carboxylic acids is 1. The Morgan fingerprint density at radius 3 is 2.48 bits per heavy atom. The fourth-order valence-corrected chi connectivity index (χ4v) is 4.74. The van der Waals surface area contributed by atoms with E-state index in [9.17, 15) is 19.8 Å². The summed E-state index contributed by atoms with van der Waals surface area (Å²) in [4.78, 5) is 25.8. The number of aromatic hydroxyl groups is 1. The fraction of sp³-hybridized carbons (Fsp3) is 0.304. The smallest absolute Gasteiger partial charge is 0.314 e. The molecule has 0 amide bonds. The van der Waals surface area contributed by atoms with Gasteiger partial charge in [-0.3, -0.25) is 14.2 Å². The van der Waals surface area contributed by atoms with Crippen molar-refractivity contribution in [1.29, 1.82) is 0 Å². The highest BCUT2D eigenvalue weighted by atomic mass is 35.5. The summed E-state index contributed by atoms with van der Waals surface area (Å²) in [7, 11) is 0. The second-order valence-corrected chi connectivity index (χ2v) is 8.38. The van der Waals surface area contributed by atoms with Gasteiger partial charge >= 0.3 is 5.97 Å². The van der Waals surface area contributed by atoms with Crippen LogP contribution in [0, 0.1) is 12.8 Å². The molecule has 29 heavy (non-hydrogen) atoms. The average molecular weight is 412 g/mol. The molecule has 5 nitrogen and oxygen atoms in total. The van der Waals surface area contributed by atoms with E-state index in [1.807, 2.05) is 0 Å². The summed E-state index contributed by atoms with van der Waals surface area (Å²) in [5, 5.41) is 21.3. The standard InChI is InChI=1S/C23H22ClNO4/c1-13-20(23(2,22(28)29)15-6-4-7-15)18-12-17(26)9-10-19(18)25(13)21(27)14-5-3-8-16(24)11-14/h3,5,8-12,15,26H,4,6-7H2,1-2H3,(H,28,29)/t23-/m1/s1. The van der Waals surface area contributed by atoms with Gasteiger partial charge in [0.15, 0.2) is 0 Å². The molecule has 0 bridgehead atoms. The van der Waals surface area contributed by atoms with Crippen LogP contribution in [-0.4, -0.2) is 26.7 Å². The van der Waals surface area contributed by atoms with Crippen LogP contribution in [0.4, 0.5) is 0 Å². The van der Waals surface area contributed by atoms with Gasteiger partial charge in [0.1, 0.15) is 5.75 Å². The van der Waals surface area contributed by atoms with Crippen LogP contribution in [0.2, 0.25) is 5.02 Å². The second-order valence-electron chi connectivity index (χ2n) is 7.95. The number of benzene rings is 2. The molecule has 150 valence electrons. The molecular weight excluding hydrogens is 390 g/mol. The van der Waals surface area contributed by atoms with Gasteiger partial charge in [0, 0.05) is 21.7 Å². The van der Waals surface area contributed by atoms with Gasteiger partial charge in [0.25, 0.3) is 5.91 Å². The Bertz CT molecular complexity index is 1150. The second kappa shape index (κ2) is 6.92. The number of hydrogen-bond donors (Lipinski definition) is 2. The minimum absolute atomic E-state index is 0.0126. The summed E-state index contributed by atoms with van der Waals surface area (Å²) in [6, 6.07) is 11.4. The maximum Gasteiger partial charge on any atom is 0.314 e. The molecule has 2 N–H and O–H groups in total. The first-order valence-electron chi connectivity index (χ1n) is 9.63. The average Bonchev–Trinajstić information content (AvgIpc) is 2.90. The predicted octanol–water partition coefficient (Wildman–Crippen LogP) is 5.14. The number of phenolic OH excluding ortho intramolecular Hbond substituents is 1. The van der Waals surface area contributed by atoms with Gasteiger partial charge in [-0.25, -0.2) is 0 Å². The minimum Gasteiger partial charge on any atom is -0.508 e. The first-order valence-corrected chi connectivity index (χ1v) is 10.0. The number of carbonyl (C=O) groups is 2. The Balaban J connectivity index is 2.02. The van der Waals surface area contributed by atoms with E-state index in [4.69, 9.17) is 11.6 Å². The topological polar surface area (TPSA) is 79.5 Å². The summed E-state index contributed by atoms with van der Waals surface area (Å²) in [6.45, 7) is 3.51. The Morgan fingerprint density at radius 1 is 1.17 bits per heavy atom. The number of phenols is 1. The first kappa shape index (κ1) is 19.5. The highest BCUT2D eigenvalue weighted by Crippen LogP contribution is 2.48. The third-order valence-electron chi connectivity index (χ3n) is 6.35. The quantitative estimate of drug-likeness (QED) is 0.623. The van der Waals surface area contributed by atoms with Crippen molar-refractivity contribution >= 4 is 34.4 Å². The number of hydrogen-bond acceptors (Lipinski definition) is 3. The first-order chi connectivity index (χ1) is 13.7. The highest BCUT2D eigenvalue weighted by molar-refractivity contribution is 6.31. The van der Waals surface area contributed by atoms with Crippen LogP contribution in [0.5, 0.6) is 5.75 Å². The molecule has 2 aromatic carbocycles. The normalized spacial score (nSPS) is 16.4. The lowest BCUT2D eigenvalue weighted by atomic mass is 9.62. The van der Waals surface area contributed by atoms with Crippen LogP contribution < -0.4 is 0 Å². The number of carbonyl (C=O) groups excluding carboxylic acids is 1. The van der Waals surface area contributed by atoms with Gasteiger partial charge in [0.2, 0.25) is 0 Å². The van der Waals surface area contributed by atoms with E-state index in [1.54, 1.807) is 50.2 Å². The molecule has 1 heterocycles. The maximum atomic E-state index is 13.4. The molecule has 1 aliphatic carbocycles. The summed E-state index contributed by atoms with van der Waals surface area (Å²) in [5.41, 5.74) is 1.02. The van der Waals surface area contributed by atoms with Crippen molar-refractivity contribution in [3.8, 4) is 5.75 Å². The van der Waals surface area contributed by atoms with Crippen LogP contribution in [0.25, 0.3) is 10.9 Å². The zero-order valence-electron chi connectivity index (χ0n) is 16.3. The summed E-state index contributed by atoms with van der Waals surface area (Å²) < 4.78 is 1.54. The molecule has 4 rings (SSSR count). The number of nitrogens with zero attached hydrogens (tertiary/aromatic N) is 1. The van der Waals surface area contributed by atoms with Crippen molar-refractivity contribution in [2.75, 3.05) is 0 Å². The SMILES string of the molecule is Cc1c([C@](C)(C(=O)O)C2CCC2)c2cc(O)ccc2n1C(=O)c1cccc(Cl)c1. The van der Waals surface area contributed by atoms with Gasteiger partial charge in [-0.15, -0.1) is 0 Å². The molecule has 1 aromatic heterocycles. The third kappa shape index (κ3) is 2.92. The maximum absolute atomic E-state index is 13.4. The molecule has 0 spiro atoms. The zero-order valence-corrected chi connectivity index (χ0v) is 17.0. The Hall–Kier alpha value is -2.79. The number of carboxylic acid groups (broad SMARTS) is 1. The van der Waals surface area contributed by atoms with Crippen LogP contribution in [0.1, 0.15) is 47.8 Å². The minimum atomic E-state index is -1.14. The predicted molar refractivity (Wildman–Crippen MR) is 112 cm³/mol. The Labute approximate surface area is 173 Å². The lowest BCUT2D eigenvalue weighted by Crippen LogP contribution is -2.44. The molecule has 1 aliphatic rings. The molecular formula is C23H22ClNO4. The van der Waals surface area contributed by atoms with E-state index in [2.05, 4.69) is 0 Å². The number of rotatable bonds is 4. The molecule has 1 saturated carbocycles. The summed E-state index contributed by atoms with van der Waals surface area (Å²) in [5.74, 6) is -1.18. The van der Waals surface area contributed by atoms with Gasteiger partial charge in [-0.1, -0.05) is 24.1 Å². The summed E-state index contributed by atoms with van der Waals surface area (Å²) in [6.07, 6.45) is 2.66. The number of fused-ring (bicyclic) bond motifs is 1. The Kier molecular flexibility index (Phi) is 4.66. The molecule has 6 heteroatoms. The third-order valence-corrected chi connectivity index (χ3v) is 6.58. The molecule has 0 radical (unpaired) electrons. The van der Waals surface area contributed by atoms with Crippen molar-refractivity contribution < 1.29 is 19.8 Å². The lowest BCUT2D eigenvalue weighted by Gasteiger charge is -2.40. The van der Waals surface area contributed by atoms with Crippen LogP contribution in [0.3, 0.4) is 0 Å². The molecule has 0 saturated heterocycles. The highest BCUT2D eigenvalue weighted by Gasteiger charge is 2.48.